The van der Waals surface area contributed by atoms with E-state index in [4.69, 9.17) is 44.0 Å². The van der Waals surface area contributed by atoms with E-state index in [9.17, 15) is 4.79 Å². The molecule has 24 heavy (non-hydrogen) atoms. The zero-order valence-electron chi connectivity index (χ0n) is 13.2. The van der Waals surface area contributed by atoms with E-state index in [0.29, 0.717) is 27.4 Å². The number of halogens is 3. The lowest BCUT2D eigenvalue weighted by Gasteiger charge is -2.19. The monoisotopic (exact) mass is 391 g/mol. The largest absolute Gasteiger partial charge is 0.482 e. The Balaban J connectivity index is 1.88. The molecule has 1 amide bonds. The molecule has 130 valence electrons. The maximum Gasteiger partial charge on any atom is 0.258 e. The summed E-state index contributed by atoms with van der Waals surface area (Å²) >= 11 is 17.8. The first kappa shape index (κ1) is 18.9. The van der Waals surface area contributed by atoms with Crippen molar-refractivity contribution in [2.75, 3.05) is 27.2 Å². The summed E-state index contributed by atoms with van der Waals surface area (Å²) in [6.45, 7) is 0.248. The van der Waals surface area contributed by atoms with E-state index in [1.54, 1.807) is 6.26 Å². The summed E-state index contributed by atoms with van der Waals surface area (Å²) in [6, 6.07) is 6.67. The van der Waals surface area contributed by atoms with Crippen LogP contribution in [0.5, 0.6) is 5.75 Å². The van der Waals surface area contributed by atoms with Gasteiger partial charge in [0, 0.05) is 6.07 Å². The van der Waals surface area contributed by atoms with Crippen molar-refractivity contribution >= 4 is 40.7 Å². The molecule has 0 unspecified atom stereocenters. The molecule has 2 aromatic rings. The van der Waals surface area contributed by atoms with Crippen LogP contribution in [-0.2, 0) is 4.79 Å². The Hall–Kier alpha value is -1.40. The molecular formula is C16H18Cl3N2O3+. The second-order valence-electron chi connectivity index (χ2n) is 5.43. The molecule has 0 saturated carbocycles. The standard InChI is InChI=1S/C16H17Cl3N2O3/c1-21(2)13(14-4-3-5-23-14)8-20-16(22)9-24-15-7-11(18)10(17)6-12(15)19/h3-7,13H,8-9H2,1-2H3,(H,20,22)/p+1/t13-/m1/s1. The Morgan fingerprint density at radius 2 is 1.96 bits per heavy atom. The number of furan rings is 1. The molecular weight excluding hydrogens is 375 g/mol. The number of hydrogen-bond donors (Lipinski definition) is 2. The highest BCUT2D eigenvalue weighted by atomic mass is 35.5. The second kappa shape index (κ2) is 8.62. The van der Waals surface area contributed by atoms with Crippen LogP contribution in [0.15, 0.2) is 34.9 Å². The van der Waals surface area contributed by atoms with Crippen LogP contribution in [-0.4, -0.2) is 33.2 Å². The van der Waals surface area contributed by atoms with Crippen LogP contribution in [0.1, 0.15) is 11.8 Å². The first-order chi connectivity index (χ1) is 11.4. The van der Waals surface area contributed by atoms with Crippen molar-refractivity contribution in [1.82, 2.24) is 5.32 Å². The zero-order chi connectivity index (χ0) is 17.7. The third-order valence-corrected chi connectivity index (χ3v) is 4.44. The molecule has 0 spiro atoms. The Morgan fingerprint density at radius 1 is 1.25 bits per heavy atom. The van der Waals surface area contributed by atoms with Crippen LogP contribution < -0.4 is 15.0 Å². The van der Waals surface area contributed by atoms with E-state index in [1.807, 2.05) is 26.2 Å². The van der Waals surface area contributed by atoms with Gasteiger partial charge in [0.25, 0.3) is 5.91 Å². The van der Waals surface area contributed by atoms with Crippen molar-refractivity contribution in [2.45, 2.75) is 6.04 Å². The summed E-state index contributed by atoms with van der Waals surface area (Å²) < 4.78 is 10.8. The molecule has 2 rings (SSSR count). The maximum atomic E-state index is 12.0. The Kier molecular flexibility index (Phi) is 6.80. The summed E-state index contributed by atoms with van der Waals surface area (Å²) in [5.41, 5.74) is 0. The van der Waals surface area contributed by atoms with E-state index in [-0.39, 0.29) is 18.6 Å². The quantitative estimate of drug-likeness (QED) is 0.712. The number of rotatable bonds is 7. The SMILES string of the molecule is C[NH+](C)[C@H](CNC(=O)COc1cc(Cl)c(Cl)cc1Cl)c1ccco1. The predicted molar refractivity (Wildman–Crippen MR) is 94.2 cm³/mol. The average molecular weight is 393 g/mol. The van der Waals surface area contributed by atoms with Crippen molar-refractivity contribution in [1.29, 1.82) is 0 Å². The van der Waals surface area contributed by atoms with Gasteiger partial charge >= 0.3 is 0 Å². The summed E-state index contributed by atoms with van der Waals surface area (Å²) in [5, 5.41) is 3.75. The van der Waals surface area contributed by atoms with Gasteiger partial charge in [0.2, 0.25) is 0 Å². The van der Waals surface area contributed by atoms with Crippen LogP contribution in [0.4, 0.5) is 0 Å². The zero-order valence-corrected chi connectivity index (χ0v) is 15.5. The first-order valence-electron chi connectivity index (χ1n) is 7.26. The molecule has 0 radical (unpaired) electrons. The number of benzene rings is 1. The molecule has 1 heterocycles. The molecule has 8 heteroatoms. The molecule has 0 aliphatic heterocycles. The van der Waals surface area contributed by atoms with Crippen molar-refractivity contribution in [3.8, 4) is 5.75 Å². The minimum atomic E-state index is -0.269. The normalized spacial score (nSPS) is 12.2. The fraction of sp³-hybridized carbons (Fsp3) is 0.312. The van der Waals surface area contributed by atoms with Gasteiger partial charge in [-0.3, -0.25) is 4.79 Å². The lowest BCUT2D eigenvalue weighted by molar-refractivity contribution is -0.891. The average Bonchev–Trinajstić information content (AvgIpc) is 3.03. The van der Waals surface area contributed by atoms with Crippen LogP contribution in [0.25, 0.3) is 0 Å². The molecule has 0 aliphatic rings. The highest BCUT2D eigenvalue weighted by molar-refractivity contribution is 6.43. The van der Waals surface area contributed by atoms with Gasteiger partial charge in [0.05, 0.1) is 42.0 Å². The van der Waals surface area contributed by atoms with E-state index in [2.05, 4.69) is 5.32 Å². The van der Waals surface area contributed by atoms with Crippen LogP contribution in [0.2, 0.25) is 15.1 Å². The predicted octanol–water partition coefficient (Wildman–Crippen LogP) is 2.62. The molecule has 2 N–H and O–H groups in total. The van der Waals surface area contributed by atoms with Crippen LogP contribution in [0, 0.1) is 0 Å². The third-order valence-electron chi connectivity index (χ3n) is 3.42. The van der Waals surface area contributed by atoms with E-state index in [1.165, 1.54) is 12.1 Å². The topological polar surface area (TPSA) is 55.9 Å². The fourth-order valence-corrected chi connectivity index (χ4v) is 2.70. The van der Waals surface area contributed by atoms with Gasteiger partial charge in [0.15, 0.2) is 18.4 Å². The van der Waals surface area contributed by atoms with Gasteiger partial charge in [0.1, 0.15) is 5.75 Å². The van der Waals surface area contributed by atoms with Gasteiger partial charge in [-0.2, -0.15) is 0 Å². The number of carbonyl (C=O) groups excluding carboxylic acids is 1. The molecule has 1 aromatic heterocycles. The van der Waals surface area contributed by atoms with Gasteiger partial charge in [-0.25, -0.2) is 0 Å². The smallest absolute Gasteiger partial charge is 0.258 e. The van der Waals surface area contributed by atoms with Gasteiger partial charge in [-0.05, 0) is 18.2 Å². The minimum absolute atomic E-state index is 0.0116. The number of likely N-dealkylation sites (N-methyl/N-ethyl adjacent to an activating group) is 1. The third kappa shape index (κ3) is 5.05. The lowest BCUT2D eigenvalue weighted by Crippen LogP contribution is -3.07. The van der Waals surface area contributed by atoms with E-state index < -0.39 is 0 Å². The van der Waals surface area contributed by atoms with Crippen molar-refractivity contribution in [3.05, 3.63) is 51.4 Å². The number of nitrogens with one attached hydrogen (secondary N) is 2. The first-order valence-corrected chi connectivity index (χ1v) is 8.39. The molecule has 0 fully saturated rings. The molecule has 1 atom stereocenters. The van der Waals surface area contributed by atoms with Gasteiger partial charge in [-0.1, -0.05) is 34.8 Å². The molecule has 0 saturated heterocycles. The Morgan fingerprint density at radius 3 is 2.58 bits per heavy atom. The number of hydrogen-bond acceptors (Lipinski definition) is 3. The molecule has 0 bridgehead atoms. The van der Waals surface area contributed by atoms with Crippen LogP contribution in [0.3, 0.4) is 0 Å². The van der Waals surface area contributed by atoms with Gasteiger partial charge in [-0.15, -0.1) is 0 Å². The highest BCUT2D eigenvalue weighted by Crippen LogP contribution is 2.33. The van der Waals surface area contributed by atoms with Gasteiger partial charge < -0.3 is 19.4 Å². The summed E-state index contributed by atoms with van der Waals surface area (Å²) in [7, 11) is 3.98. The van der Waals surface area contributed by atoms with E-state index in [0.717, 1.165) is 10.7 Å². The number of carbonyl (C=O) groups is 1. The minimum Gasteiger partial charge on any atom is -0.482 e. The molecule has 1 aromatic carbocycles. The number of quaternary nitrogens is 1. The molecule has 0 aliphatic carbocycles. The lowest BCUT2D eigenvalue weighted by atomic mass is 10.2. The Labute approximate surface area is 155 Å². The Bertz CT molecular complexity index is 690. The maximum absolute atomic E-state index is 12.0. The number of amides is 1. The van der Waals surface area contributed by atoms with Crippen molar-refractivity contribution in [2.24, 2.45) is 0 Å². The summed E-state index contributed by atoms with van der Waals surface area (Å²) in [5.74, 6) is 0.848. The van der Waals surface area contributed by atoms with Crippen molar-refractivity contribution in [3.63, 3.8) is 0 Å². The van der Waals surface area contributed by atoms with Crippen molar-refractivity contribution < 1.29 is 18.8 Å². The second-order valence-corrected chi connectivity index (χ2v) is 6.66. The van der Waals surface area contributed by atoms with Crippen LogP contribution >= 0.6 is 34.8 Å². The molecule has 5 nitrogen and oxygen atoms in total. The summed E-state index contributed by atoms with van der Waals surface area (Å²) in [6.07, 6.45) is 1.61. The highest BCUT2D eigenvalue weighted by Gasteiger charge is 2.21. The fourth-order valence-electron chi connectivity index (χ4n) is 2.10. The van der Waals surface area contributed by atoms with E-state index >= 15 is 0 Å². The summed E-state index contributed by atoms with van der Waals surface area (Å²) in [4.78, 5) is 13.1. The number of ether oxygens (including phenoxy) is 1.